The summed E-state index contributed by atoms with van der Waals surface area (Å²) in [5, 5.41) is 62.7. The van der Waals surface area contributed by atoms with Gasteiger partial charge in [0, 0.05) is 176 Å². The maximum absolute atomic E-state index is 12.1. The Labute approximate surface area is 703 Å². The minimum atomic E-state index is -3.02. The second-order valence-corrected chi connectivity index (χ2v) is 25.5. The first kappa shape index (κ1) is 71.5. The molecule has 0 aliphatic carbocycles. The van der Waals surface area contributed by atoms with E-state index in [1.165, 1.54) is 72.8 Å². The van der Waals surface area contributed by atoms with E-state index in [9.17, 15) is 67.1 Å². The molecule has 7 rings (SSSR count). The number of hydrogen-bond acceptors (Lipinski definition) is 21. The number of nitrogen functional groups attached to an aromatic ring is 7. The number of ketones is 7. The van der Waals surface area contributed by atoms with Gasteiger partial charge in [-0.15, -0.1) is 0 Å². The summed E-state index contributed by atoms with van der Waals surface area (Å²) in [6, 6.07) is 18.7. The lowest BCUT2D eigenvalue weighted by Crippen LogP contribution is -2.15. The summed E-state index contributed by atoms with van der Waals surface area (Å²) in [7, 11) is 0. The Morgan fingerprint density at radius 1 is 0.286 bits per heavy atom. The highest BCUT2D eigenvalue weighted by molar-refractivity contribution is 6.33. The Kier molecular flexibility index (Phi) is 30.7. The highest BCUT2D eigenvalue weighted by Gasteiger charge is 2.25. The lowest BCUT2D eigenvalue weighted by Gasteiger charge is -2.07. The fourth-order valence-corrected chi connectivity index (χ4v) is 8.67. The number of carbonyl (C=O) groups excluding carboxylic acids is 7. The normalized spacial score (nSPS) is 16.8. The molecule has 0 saturated heterocycles. The van der Waals surface area contributed by atoms with Crippen molar-refractivity contribution in [1.29, 1.82) is 0 Å². The summed E-state index contributed by atoms with van der Waals surface area (Å²) in [5.41, 5.74) is 37.9. The average Bonchev–Trinajstić information content (AvgIpc) is 0.759. The van der Waals surface area contributed by atoms with Gasteiger partial charge in [0.2, 0.25) is 0 Å². The number of carboxylic acid groups (broad SMARTS) is 7. The van der Waals surface area contributed by atoms with E-state index < -0.39 is 168 Å². The molecule has 9 atom stereocenters. The molecule has 0 spiro atoms. The third kappa shape index (κ3) is 35.4. The van der Waals surface area contributed by atoms with Crippen molar-refractivity contribution >= 4 is 203 Å². The molecule has 7 aromatic rings. The minimum Gasteiger partial charge on any atom is -0.481 e. The monoisotopic (exact) mass is 1710 g/mol. The smallest absolute Gasteiger partial charge is 0.306 e. The van der Waals surface area contributed by atoms with Crippen LogP contribution in [0.4, 0.5) is 39.8 Å². The van der Waals surface area contributed by atoms with E-state index in [2.05, 4.69) is 0 Å². The third-order valence-corrected chi connectivity index (χ3v) is 15.2. The van der Waals surface area contributed by atoms with Crippen molar-refractivity contribution in [2.75, 3.05) is 40.1 Å². The molecule has 9 unspecified atom stereocenters. The Bertz CT molecular complexity index is 5580. The van der Waals surface area contributed by atoms with E-state index in [1.54, 1.807) is 0 Å². The van der Waals surface area contributed by atoms with E-state index in [1.807, 2.05) is 0 Å². The van der Waals surface area contributed by atoms with Crippen molar-refractivity contribution in [3.63, 3.8) is 0 Å². The van der Waals surface area contributed by atoms with Crippen molar-refractivity contribution in [3.8, 4) is 0 Å². The number of halogens is 7. The summed E-state index contributed by atoms with van der Waals surface area (Å²) in [5.74, 6) is -31.0. The largest absolute Gasteiger partial charge is 0.481 e. The van der Waals surface area contributed by atoms with Crippen LogP contribution in [0.15, 0.2) is 127 Å². The van der Waals surface area contributed by atoms with E-state index >= 15 is 0 Å². The molecular weight excluding hydrogens is 1610 g/mol. The average molecular weight is 1710 g/mol. The van der Waals surface area contributed by atoms with Crippen LogP contribution >= 0.6 is 81.2 Å². The molecular formula is C77H84Cl7N7O21. The van der Waals surface area contributed by atoms with Gasteiger partial charge in [0.05, 0.1) is 48.2 Å². The number of carboxylic acids is 7. The third-order valence-electron chi connectivity index (χ3n) is 13.6. The lowest BCUT2D eigenvalue weighted by molar-refractivity contribution is -0.141. The Balaban J connectivity index is 0.000000759. The van der Waals surface area contributed by atoms with Crippen LogP contribution < -0.4 is 40.1 Å². The van der Waals surface area contributed by atoms with E-state index in [4.69, 9.17) is 182 Å². The summed E-state index contributed by atoms with van der Waals surface area (Å²) in [4.78, 5) is 160. The summed E-state index contributed by atoms with van der Waals surface area (Å²) < 4.78 is 136. The Morgan fingerprint density at radius 3 is 0.786 bits per heavy atom. The molecule has 0 heterocycles. The summed E-state index contributed by atoms with van der Waals surface area (Å²) in [6.07, 6.45) is -12.9. The van der Waals surface area contributed by atoms with Crippen molar-refractivity contribution in [3.05, 3.63) is 201 Å². The fraction of sp³-hybridized carbons (Fsp3) is 0.273. The Hall–Kier alpha value is -10.9. The zero-order valence-electron chi connectivity index (χ0n) is 77.5. The molecule has 0 saturated carbocycles. The van der Waals surface area contributed by atoms with Crippen molar-refractivity contribution in [2.24, 2.45) is 41.3 Å². The van der Waals surface area contributed by atoms with Gasteiger partial charge < -0.3 is 75.9 Å². The first-order valence-corrected chi connectivity index (χ1v) is 33.5. The number of anilines is 7. The molecule has 28 nitrogen and oxygen atoms in total. The first-order chi connectivity index (χ1) is 58.7. The van der Waals surface area contributed by atoms with Crippen LogP contribution in [0.1, 0.15) is 190 Å². The molecule has 0 fully saturated rings. The van der Waals surface area contributed by atoms with Crippen LogP contribution in [0, 0.1) is 41.3 Å². The highest BCUT2D eigenvalue weighted by Crippen LogP contribution is 2.28. The van der Waals surface area contributed by atoms with Gasteiger partial charge in [-0.3, -0.25) is 67.1 Å². The molecule has 21 N–H and O–H groups in total. The second-order valence-electron chi connectivity index (χ2n) is 22.5. The molecule has 0 aliphatic rings. The van der Waals surface area contributed by atoms with E-state index in [-0.39, 0.29) is 134 Å². The minimum absolute atomic E-state index is 0.000810. The molecule has 35 heteroatoms. The summed E-state index contributed by atoms with van der Waals surface area (Å²) in [6.45, 7) is 7.20. The maximum Gasteiger partial charge on any atom is 0.306 e. The van der Waals surface area contributed by atoms with Gasteiger partial charge in [-0.1, -0.05) is 130 Å². The lowest BCUT2D eigenvalue weighted by atomic mass is 9.99. The molecule has 0 aromatic heterocycles. The molecule has 0 amide bonds. The molecule has 112 heavy (non-hydrogen) atoms. The van der Waals surface area contributed by atoms with Crippen LogP contribution in [0.3, 0.4) is 0 Å². The van der Waals surface area contributed by atoms with Gasteiger partial charge in [-0.05, 0) is 127 Å². The number of hydrogen-bond donors (Lipinski definition) is 14. The number of benzene rings is 7. The van der Waals surface area contributed by atoms with Crippen LogP contribution in [-0.4, -0.2) is 118 Å². The van der Waals surface area contributed by atoms with Crippen molar-refractivity contribution in [1.82, 2.24) is 0 Å². The molecule has 7 aromatic carbocycles. The number of Topliss-reactive ketones (excluding diaryl/α,β-unsaturated/α-hetero) is 7. The standard InChI is InChI=1S/7C11H12ClNO3/c7*1-6(11(15)16)4-10(14)8-3-2-7(12)5-9(8)13/h7*2-3,5-6H,4,13H2,1H3,(H,15,16)/i2D,4D2,6D;2D,4D,6D;4D,6D;3D,6D;2D,6D;2D,4D2;4D2. The SMILES string of the molecule is [2H]C(C(=O)c1ccc(Cl)cc1N)C([2H])(C)C(=O)O.[2H]C([2H])(C(=O)c1ccc(Cl)cc1N)C(C)C(=O)O.[2H]c1cc(C(=O)C([2H])([2H])C(C)C(=O)O)c(N)cc1Cl.[2H]c1cc(C(=O)C([2H])([2H])C([2H])(C)C(=O)O)c(N)cc1Cl.[2H]c1cc(C(=O)C([2H])C([2H])(C)C(=O)O)c(N)cc1Cl.[2H]c1cc(C(=O)CC([2H])(C)C(=O)O)c(N)cc1Cl.[2H]c1cc(Cl)cc(N)c1C(=O)CC([2H])(C)C(=O)O. The van der Waals surface area contributed by atoms with Gasteiger partial charge in [-0.2, -0.15) is 0 Å². The second kappa shape index (κ2) is 48.0. The van der Waals surface area contributed by atoms with Crippen LogP contribution in [0.2, 0.25) is 35.2 Å². The first-order valence-electron chi connectivity index (χ1n) is 40.0. The molecule has 0 aliphatic heterocycles. The summed E-state index contributed by atoms with van der Waals surface area (Å²) >= 11 is 39.6. The van der Waals surface area contributed by atoms with E-state index in [0.29, 0.717) is 10.0 Å². The van der Waals surface area contributed by atoms with Crippen molar-refractivity contribution in [2.45, 2.75) is 93.2 Å². The number of nitrogens with two attached hydrogens (primary N) is 7. The van der Waals surface area contributed by atoms with Gasteiger partial charge in [0.25, 0.3) is 0 Å². The van der Waals surface area contributed by atoms with Crippen molar-refractivity contribution < 1.29 is 128 Å². The number of aliphatic carboxylic acids is 7. The Morgan fingerprint density at radius 2 is 0.509 bits per heavy atom. The maximum atomic E-state index is 12.1. The molecule has 0 bridgehead atoms. The van der Waals surface area contributed by atoms with Crippen LogP contribution in [0.5, 0.6) is 0 Å². The van der Waals surface area contributed by atoms with Gasteiger partial charge >= 0.3 is 41.8 Å². The predicted molar refractivity (Wildman–Crippen MR) is 431 cm³/mol. The van der Waals surface area contributed by atoms with Gasteiger partial charge in [0.1, 0.15) is 0 Å². The number of rotatable bonds is 28. The highest BCUT2D eigenvalue weighted by atomic mass is 35.5. The quantitative estimate of drug-likeness (QED) is 0.0160. The van der Waals surface area contributed by atoms with Gasteiger partial charge in [0.15, 0.2) is 40.5 Å². The number of carbonyl (C=O) groups is 14. The molecule has 0 radical (unpaired) electrons. The predicted octanol–water partition coefficient (Wildman–Crippen LogP) is 15.5. The zero-order chi connectivity index (χ0) is 102. The van der Waals surface area contributed by atoms with Crippen LogP contribution in [0.25, 0.3) is 0 Å². The van der Waals surface area contributed by atoms with Crippen LogP contribution in [-0.2, 0) is 33.6 Å². The fourth-order valence-electron chi connectivity index (χ4n) is 7.45. The van der Waals surface area contributed by atoms with Gasteiger partial charge in [-0.25, -0.2) is 0 Å². The van der Waals surface area contributed by atoms with E-state index in [0.717, 1.165) is 72.7 Å². The molecule has 602 valence electrons. The topological polar surface area (TPSA) is 563 Å². The zero-order valence-corrected chi connectivity index (χ0v) is 64.8.